The number of methoxy groups -OCH3 is 2. The molecule has 1 N–H and O–H groups in total. The van der Waals surface area contributed by atoms with E-state index in [0.717, 1.165) is 5.56 Å². The summed E-state index contributed by atoms with van der Waals surface area (Å²) in [5.41, 5.74) is 1.72. The van der Waals surface area contributed by atoms with E-state index >= 15 is 0 Å². The fourth-order valence-corrected chi connectivity index (χ4v) is 2.39. The Hall–Kier alpha value is -3.36. The monoisotopic (exact) mass is 343 g/mol. The van der Waals surface area contributed by atoms with Gasteiger partial charge in [-0.05, 0) is 30.7 Å². The lowest BCUT2D eigenvalue weighted by Gasteiger charge is -2.07. The van der Waals surface area contributed by atoms with Gasteiger partial charge >= 0.3 is 6.01 Å². The third kappa shape index (κ3) is 3.16. The van der Waals surface area contributed by atoms with E-state index in [2.05, 4.69) is 20.6 Å². The summed E-state index contributed by atoms with van der Waals surface area (Å²) >= 11 is 0. The van der Waals surface area contributed by atoms with E-state index < -0.39 is 0 Å². The molecule has 0 aliphatic rings. The third-order valence-electron chi connectivity index (χ3n) is 3.62. The van der Waals surface area contributed by atoms with Crippen molar-refractivity contribution in [2.45, 2.75) is 6.92 Å². The molecule has 9 heteroatoms. The molecular weight excluding hydrogens is 326 g/mol. The Morgan fingerprint density at radius 3 is 2.68 bits per heavy atom. The van der Waals surface area contributed by atoms with Crippen LogP contribution in [0.25, 0.3) is 11.5 Å². The second-order valence-electron chi connectivity index (χ2n) is 5.23. The molecule has 0 aliphatic heterocycles. The summed E-state index contributed by atoms with van der Waals surface area (Å²) in [4.78, 5) is 12.3. The number of anilines is 1. The van der Waals surface area contributed by atoms with Crippen molar-refractivity contribution in [1.82, 2.24) is 20.0 Å². The molecule has 130 valence electrons. The van der Waals surface area contributed by atoms with E-state index in [0.29, 0.717) is 22.8 Å². The van der Waals surface area contributed by atoms with Gasteiger partial charge in [-0.2, -0.15) is 5.10 Å². The van der Waals surface area contributed by atoms with Crippen LogP contribution in [0.1, 0.15) is 16.1 Å². The highest BCUT2D eigenvalue weighted by atomic mass is 16.5. The molecule has 0 saturated heterocycles. The highest BCUT2D eigenvalue weighted by molar-refractivity contribution is 6.02. The topological polar surface area (TPSA) is 104 Å². The van der Waals surface area contributed by atoms with Crippen LogP contribution in [0.2, 0.25) is 0 Å². The molecule has 0 atom stereocenters. The molecule has 0 bridgehead atoms. The predicted octanol–water partition coefficient (Wildman–Crippen LogP) is 2.05. The minimum absolute atomic E-state index is 0.0227. The van der Waals surface area contributed by atoms with Gasteiger partial charge in [0.1, 0.15) is 17.2 Å². The molecule has 0 saturated carbocycles. The zero-order chi connectivity index (χ0) is 18.0. The van der Waals surface area contributed by atoms with Crippen molar-refractivity contribution in [2.24, 2.45) is 7.05 Å². The standard InChI is InChI=1S/C16H17N5O4/c1-9-8-17-21(2)13(9)14(22)18-16-20-19-15(25-16)11-7-10(23-3)5-6-12(11)24-4/h5-8H,1-4H3,(H,18,20,22). The number of hydrogen-bond acceptors (Lipinski definition) is 7. The van der Waals surface area contributed by atoms with Crippen LogP contribution in [-0.2, 0) is 7.05 Å². The summed E-state index contributed by atoms with van der Waals surface area (Å²) in [6.45, 7) is 1.79. The zero-order valence-electron chi connectivity index (χ0n) is 14.2. The zero-order valence-corrected chi connectivity index (χ0v) is 14.2. The number of ether oxygens (including phenoxy) is 2. The number of hydrogen-bond donors (Lipinski definition) is 1. The summed E-state index contributed by atoms with van der Waals surface area (Å²) in [5, 5.41) is 14.4. The molecule has 0 radical (unpaired) electrons. The van der Waals surface area contributed by atoms with Crippen molar-refractivity contribution in [3.05, 3.63) is 35.7 Å². The quantitative estimate of drug-likeness (QED) is 0.756. The molecule has 25 heavy (non-hydrogen) atoms. The summed E-state index contributed by atoms with van der Waals surface area (Å²) in [7, 11) is 4.78. The first-order valence-corrected chi connectivity index (χ1v) is 7.39. The van der Waals surface area contributed by atoms with Crippen LogP contribution in [0, 0.1) is 6.92 Å². The van der Waals surface area contributed by atoms with Crippen LogP contribution in [0.4, 0.5) is 6.01 Å². The van der Waals surface area contributed by atoms with E-state index in [1.807, 2.05) is 0 Å². The summed E-state index contributed by atoms with van der Waals surface area (Å²) < 4.78 is 17.5. The Morgan fingerprint density at radius 1 is 1.24 bits per heavy atom. The SMILES string of the molecule is COc1ccc(OC)c(-c2nnc(NC(=O)c3c(C)cnn3C)o2)c1. The third-order valence-corrected chi connectivity index (χ3v) is 3.62. The van der Waals surface area contributed by atoms with Crippen molar-refractivity contribution in [2.75, 3.05) is 19.5 Å². The van der Waals surface area contributed by atoms with Crippen LogP contribution in [0.5, 0.6) is 11.5 Å². The van der Waals surface area contributed by atoms with Crippen LogP contribution in [0.15, 0.2) is 28.8 Å². The van der Waals surface area contributed by atoms with Crippen molar-refractivity contribution in [3.8, 4) is 23.0 Å². The number of rotatable bonds is 5. The average molecular weight is 343 g/mol. The number of nitrogens with one attached hydrogen (secondary N) is 1. The Balaban J connectivity index is 1.87. The maximum Gasteiger partial charge on any atom is 0.322 e. The van der Waals surface area contributed by atoms with Gasteiger partial charge in [0.05, 0.1) is 26.0 Å². The number of carbonyl (C=O) groups is 1. The van der Waals surface area contributed by atoms with Gasteiger partial charge in [-0.15, -0.1) is 5.10 Å². The molecule has 2 heterocycles. The highest BCUT2D eigenvalue weighted by Gasteiger charge is 2.19. The van der Waals surface area contributed by atoms with Crippen molar-refractivity contribution in [3.63, 3.8) is 0 Å². The molecule has 0 spiro atoms. The van der Waals surface area contributed by atoms with Gasteiger partial charge in [-0.3, -0.25) is 14.8 Å². The van der Waals surface area contributed by atoms with Gasteiger partial charge in [0, 0.05) is 7.05 Å². The molecule has 3 aromatic rings. The molecule has 9 nitrogen and oxygen atoms in total. The first-order valence-electron chi connectivity index (χ1n) is 7.39. The normalized spacial score (nSPS) is 10.6. The summed E-state index contributed by atoms with van der Waals surface area (Å²) in [6.07, 6.45) is 1.61. The van der Waals surface area contributed by atoms with Gasteiger partial charge in [-0.25, -0.2) is 0 Å². The highest BCUT2D eigenvalue weighted by Crippen LogP contribution is 2.33. The van der Waals surface area contributed by atoms with Gasteiger partial charge in [0.15, 0.2) is 0 Å². The van der Waals surface area contributed by atoms with Crippen LogP contribution >= 0.6 is 0 Å². The minimum atomic E-state index is -0.384. The van der Waals surface area contributed by atoms with E-state index in [9.17, 15) is 4.79 Å². The molecule has 0 fully saturated rings. The second kappa shape index (κ2) is 6.63. The second-order valence-corrected chi connectivity index (χ2v) is 5.23. The lowest BCUT2D eigenvalue weighted by Crippen LogP contribution is -2.17. The van der Waals surface area contributed by atoms with Crippen molar-refractivity contribution in [1.29, 1.82) is 0 Å². The first-order chi connectivity index (χ1) is 12.0. The fraction of sp³-hybridized carbons (Fsp3) is 0.250. The smallest absolute Gasteiger partial charge is 0.322 e. The largest absolute Gasteiger partial charge is 0.497 e. The summed E-state index contributed by atoms with van der Waals surface area (Å²) in [5.74, 6) is 0.980. The van der Waals surface area contributed by atoms with E-state index in [4.69, 9.17) is 13.9 Å². The number of aromatic nitrogens is 4. The van der Waals surface area contributed by atoms with Gasteiger partial charge in [0.25, 0.3) is 11.8 Å². The molecule has 2 aromatic heterocycles. The van der Waals surface area contributed by atoms with Crippen LogP contribution < -0.4 is 14.8 Å². The Bertz CT molecular complexity index is 896. The lowest BCUT2D eigenvalue weighted by molar-refractivity contribution is 0.101. The number of amides is 1. The Labute approximate surface area is 143 Å². The van der Waals surface area contributed by atoms with Crippen molar-refractivity contribution < 1.29 is 18.7 Å². The molecule has 0 unspecified atom stereocenters. The van der Waals surface area contributed by atoms with Gasteiger partial charge < -0.3 is 13.9 Å². The number of aryl methyl sites for hydroxylation is 2. The number of nitrogens with zero attached hydrogens (tertiary/aromatic N) is 4. The number of benzene rings is 1. The molecule has 1 aromatic carbocycles. The predicted molar refractivity (Wildman–Crippen MR) is 88.7 cm³/mol. The molecule has 1 amide bonds. The van der Waals surface area contributed by atoms with Gasteiger partial charge in [-0.1, -0.05) is 5.10 Å². The van der Waals surface area contributed by atoms with Gasteiger partial charge in [0.2, 0.25) is 0 Å². The van der Waals surface area contributed by atoms with Crippen LogP contribution in [0.3, 0.4) is 0 Å². The first kappa shape index (κ1) is 16.5. The van der Waals surface area contributed by atoms with Crippen LogP contribution in [-0.4, -0.2) is 40.1 Å². The fourth-order valence-electron chi connectivity index (χ4n) is 2.39. The molecule has 3 rings (SSSR count). The maximum atomic E-state index is 12.3. The molecule has 0 aliphatic carbocycles. The number of carbonyl (C=O) groups excluding carboxylic acids is 1. The minimum Gasteiger partial charge on any atom is -0.497 e. The summed E-state index contributed by atoms with van der Waals surface area (Å²) in [6, 6.07) is 5.18. The maximum absolute atomic E-state index is 12.3. The van der Waals surface area contributed by atoms with E-state index in [1.165, 1.54) is 11.8 Å². The average Bonchev–Trinajstić information content (AvgIpc) is 3.20. The van der Waals surface area contributed by atoms with E-state index in [-0.39, 0.29) is 17.8 Å². The van der Waals surface area contributed by atoms with Crippen molar-refractivity contribution >= 4 is 11.9 Å². The molecular formula is C16H17N5O4. The Morgan fingerprint density at radius 2 is 2.04 bits per heavy atom. The Kier molecular flexibility index (Phi) is 4.38. The lowest BCUT2D eigenvalue weighted by atomic mass is 10.2. The van der Waals surface area contributed by atoms with E-state index in [1.54, 1.807) is 45.5 Å².